The summed E-state index contributed by atoms with van der Waals surface area (Å²) in [5.74, 6) is 6.35. The minimum atomic E-state index is 0.302. The van der Waals surface area contributed by atoms with Crippen LogP contribution in [0.4, 0.5) is 0 Å². The molecule has 0 heterocycles. The molecule has 2 nitrogen and oxygen atoms in total. The van der Waals surface area contributed by atoms with E-state index in [1.165, 1.54) is 38.5 Å². The zero-order chi connectivity index (χ0) is 13.4. The third kappa shape index (κ3) is 3.73. The van der Waals surface area contributed by atoms with Crippen LogP contribution in [0.5, 0.6) is 0 Å². The van der Waals surface area contributed by atoms with Gasteiger partial charge in [-0.1, -0.05) is 32.6 Å². The van der Waals surface area contributed by atoms with E-state index in [9.17, 15) is 0 Å². The summed E-state index contributed by atoms with van der Waals surface area (Å²) in [5, 5.41) is 3.69. The van der Waals surface area contributed by atoms with Crippen LogP contribution in [0.3, 0.4) is 0 Å². The maximum Gasteiger partial charge on any atom is 0.0365 e. The van der Waals surface area contributed by atoms with Crippen LogP contribution < -0.4 is 5.32 Å². The minimum Gasteiger partial charge on any atom is -0.312 e. The van der Waals surface area contributed by atoms with Crippen LogP contribution in [-0.4, -0.2) is 37.1 Å². The molecule has 1 saturated carbocycles. The summed E-state index contributed by atoms with van der Waals surface area (Å²) < 4.78 is 0. The van der Waals surface area contributed by atoms with Gasteiger partial charge < -0.3 is 10.2 Å². The van der Waals surface area contributed by atoms with Crippen molar-refractivity contribution in [1.82, 2.24) is 10.2 Å². The largest absolute Gasteiger partial charge is 0.312 e. The lowest BCUT2D eigenvalue weighted by atomic mass is 9.80. The van der Waals surface area contributed by atoms with Gasteiger partial charge >= 0.3 is 0 Å². The zero-order valence-corrected chi connectivity index (χ0v) is 12.7. The molecule has 1 fully saturated rings. The maximum absolute atomic E-state index is 3.69. The lowest BCUT2D eigenvalue weighted by Gasteiger charge is -2.45. The van der Waals surface area contributed by atoms with Crippen molar-refractivity contribution in [1.29, 1.82) is 0 Å². The standard InChI is InChI=1S/C16H30N2/c1-5-7-12-15(17-6-2)16(18(3)4)13-10-8-9-11-14-16/h15,17H,6,8-14H2,1-4H3. The maximum atomic E-state index is 3.69. The minimum absolute atomic E-state index is 0.302. The molecule has 1 rings (SSSR count). The van der Waals surface area contributed by atoms with Crippen molar-refractivity contribution >= 4 is 0 Å². The van der Waals surface area contributed by atoms with Gasteiger partial charge in [0.1, 0.15) is 0 Å². The fraction of sp³-hybridized carbons (Fsp3) is 0.875. The molecular formula is C16H30N2. The Morgan fingerprint density at radius 2 is 1.78 bits per heavy atom. The van der Waals surface area contributed by atoms with E-state index in [0.717, 1.165) is 13.0 Å². The van der Waals surface area contributed by atoms with Gasteiger partial charge in [0.2, 0.25) is 0 Å². The Labute approximate surface area is 114 Å². The highest BCUT2D eigenvalue weighted by Crippen LogP contribution is 2.35. The average Bonchev–Trinajstić information content (AvgIpc) is 2.61. The van der Waals surface area contributed by atoms with Crippen LogP contribution in [0.25, 0.3) is 0 Å². The van der Waals surface area contributed by atoms with Crippen molar-refractivity contribution in [2.24, 2.45) is 0 Å². The molecule has 0 aromatic carbocycles. The highest BCUT2D eigenvalue weighted by molar-refractivity contribution is 5.07. The number of nitrogens with one attached hydrogen (secondary N) is 1. The van der Waals surface area contributed by atoms with E-state index in [4.69, 9.17) is 0 Å². The van der Waals surface area contributed by atoms with Gasteiger partial charge in [0, 0.05) is 18.0 Å². The summed E-state index contributed by atoms with van der Waals surface area (Å²) in [4.78, 5) is 2.46. The molecule has 0 radical (unpaired) electrons. The zero-order valence-electron chi connectivity index (χ0n) is 12.7. The van der Waals surface area contributed by atoms with Crippen LogP contribution in [-0.2, 0) is 0 Å². The molecule has 1 aliphatic rings. The van der Waals surface area contributed by atoms with Crippen molar-refractivity contribution in [3.05, 3.63) is 0 Å². The van der Waals surface area contributed by atoms with Crippen LogP contribution >= 0.6 is 0 Å². The Bertz CT molecular complexity index is 277. The fourth-order valence-corrected chi connectivity index (χ4v) is 3.35. The van der Waals surface area contributed by atoms with Gasteiger partial charge in [0.15, 0.2) is 0 Å². The SMILES string of the molecule is CC#CCC(NCC)C1(N(C)C)CCCCCC1. The molecule has 0 bridgehead atoms. The summed E-state index contributed by atoms with van der Waals surface area (Å²) in [6, 6.07) is 0.503. The predicted octanol–water partition coefficient (Wildman–Crippen LogP) is 3.03. The van der Waals surface area contributed by atoms with Gasteiger partial charge in [0.25, 0.3) is 0 Å². The first-order valence-corrected chi connectivity index (χ1v) is 7.47. The summed E-state index contributed by atoms with van der Waals surface area (Å²) in [6.07, 6.45) is 9.11. The molecule has 0 amide bonds. The van der Waals surface area contributed by atoms with Crippen LogP contribution in [0.2, 0.25) is 0 Å². The molecule has 1 N–H and O–H groups in total. The molecule has 18 heavy (non-hydrogen) atoms. The molecule has 0 saturated heterocycles. The number of nitrogens with zero attached hydrogens (tertiary/aromatic N) is 1. The van der Waals surface area contributed by atoms with E-state index < -0.39 is 0 Å². The van der Waals surface area contributed by atoms with Crippen molar-refractivity contribution in [2.75, 3.05) is 20.6 Å². The molecule has 0 aromatic rings. The molecule has 0 aromatic heterocycles. The van der Waals surface area contributed by atoms with E-state index in [-0.39, 0.29) is 0 Å². The molecule has 2 heteroatoms. The van der Waals surface area contributed by atoms with E-state index >= 15 is 0 Å². The fourth-order valence-electron chi connectivity index (χ4n) is 3.35. The van der Waals surface area contributed by atoms with Crippen LogP contribution in [0.15, 0.2) is 0 Å². The molecule has 0 aliphatic heterocycles. The summed E-state index contributed by atoms with van der Waals surface area (Å²) in [5.41, 5.74) is 0.302. The van der Waals surface area contributed by atoms with Crippen LogP contribution in [0.1, 0.15) is 58.8 Å². The highest BCUT2D eigenvalue weighted by Gasteiger charge is 2.39. The quantitative estimate of drug-likeness (QED) is 0.596. The Morgan fingerprint density at radius 1 is 1.17 bits per heavy atom. The number of rotatable bonds is 5. The second kappa shape index (κ2) is 7.81. The molecule has 104 valence electrons. The van der Waals surface area contributed by atoms with Crippen molar-refractivity contribution < 1.29 is 0 Å². The smallest absolute Gasteiger partial charge is 0.0365 e. The third-order valence-corrected chi connectivity index (χ3v) is 4.44. The summed E-state index contributed by atoms with van der Waals surface area (Å²) in [6.45, 7) is 5.18. The Balaban J connectivity index is 2.91. The first-order chi connectivity index (χ1) is 8.67. The highest BCUT2D eigenvalue weighted by atomic mass is 15.2. The van der Waals surface area contributed by atoms with Gasteiger partial charge in [-0.3, -0.25) is 0 Å². The second-order valence-electron chi connectivity index (χ2n) is 5.65. The third-order valence-electron chi connectivity index (χ3n) is 4.44. The van der Waals surface area contributed by atoms with E-state index in [2.05, 4.69) is 43.1 Å². The second-order valence-corrected chi connectivity index (χ2v) is 5.65. The van der Waals surface area contributed by atoms with Gasteiger partial charge in [-0.2, -0.15) is 0 Å². The predicted molar refractivity (Wildman–Crippen MR) is 79.7 cm³/mol. The monoisotopic (exact) mass is 250 g/mol. The number of hydrogen-bond acceptors (Lipinski definition) is 2. The van der Waals surface area contributed by atoms with Crippen molar-refractivity contribution in [2.45, 2.75) is 70.4 Å². The number of hydrogen-bond donors (Lipinski definition) is 1. The average molecular weight is 250 g/mol. The normalized spacial score (nSPS) is 20.9. The van der Waals surface area contributed by atoms with Gasteiger partial charge in [-0.15, -0.1) is 11.8 Å². The summed E-state index contributed by atoms with van der Waals surface area (Å²) >= 11 is 0. The van der Waals surface area contributed by atoms with Crippen molar-refractivity contribution in [3.63, 3.8) is 0 Å². The summed E-state index contributed by atoms with van der Waals surface area (Å²) in [7, 11) is 4.49. The molecule has 1 atom stereocenters. The molecule has 1 aliphatic carbocycles. The topological polar surface area (TPSA) is 15.3 Å². The van der Waals surface area contributed by atoms with E-state index in [1.54, 1.807) is 0 Å². The Morgan fingerprint density at radius 3 is 2.22 bits per heavy atom. The molecule has 1 unspecified atom stereocenters. The lowest BCUT2D eigenvalue weighted by molar-refractivity contribution is 0.0828. The molecule has 0 spiro atoms. The van der Waals surface area contributed by atoms with E-state index in [0.29, 0.717) is 11.6 Å². The Kier molecular flexibility index (Phi) is 6.75. The number of likely N-dealkylation sites (N-methyl/N-ethyl adjacent to an activating group) is 2. The van der Waals surface area contributed by atoms with E-state index in [1.807, 2.05) is 6.92 Å². The van der Waals surface area contributed by atoms with Crippen LogP contribution in [0, 0.1) is 11.8 Å². The van der Waals surface area contributed by atoms with Crippen molar-refractivity contribution in [3.8, 4) is 11.8 Å². The Hall–Kier alpha value is -0.520. The lowest BCUT2D eigenvalue weighted by Crippen LogP contribution is -2.58. The first-order valence-electron chi connectivity index (χ1n) is 7.47. The van der Waals surface area contributed by atoms with Gasteiger partial charge in [-0.25, -0.2) is 0 Å². The van der Waals surface area contributed by atoms with Gasteiger partial charge in [-0.05, 0) is 40.4 Å². The van der Waals surface area contributed by atoms with Gasteiger partial charge in [0.05, 0.1) is 0 Å². The first kappa shape index (κ1) is 15.5. The molecular weight excluding hydrogens is 220 g/mol.